The van der Waals surface area contributed by atoms with Crippen molar-refractivity contribution >= 4 is 16.8 Å². The lowest BCUT2D eigenvalue weighted by Gasteiger charge is -2.36. The minimum atomic E-state index is -2.74. The first-order valence-corrected chi connectivity index (χ1v) is 13.1. The van der Waals surface area contributed by atoms with Gasteiger partial charge in [0.15, 0.2) is 0 Å². The van der Waals surface area contributed by atoms with E-state index in [0.717, 1.165) is 35.1 Å². The molecule has 3 heterocycles. The highest BCUT2D eigenvalue weighted by atomic mass is 19.3. The number of hydrogen-bond acceptors (Lipinski definition) is 4. The molecule has 196 valence electrons. The molecular weight excluding hydrogens is 486 g/mol. The second kappa shape index (κ2) is 10.2. The lowest BCUT2D eigenvalue weighted by atomic mass is 10.0. The minimum Gasteiger partial charge on any atom is -0.490 e. The number of nitrogens with zero attached hydrogens (tertiary/aromatic N) is 2. The molecule has 2 aliphatic heterocycles. The highest BCUT2D eigenvalue weighted by molar-refractivity contribution is 6.01. The normalized spacial score (nSPS) is 22.1. The van der Waals surface area contributed by atoms with Crippen molar-refractivity contribution < 1.29 is 18.3 Å². The molecule has 2 aliphatic rings. The fraction of sp³-hybridized carbons (Fsp3) is 0.333. The average Bonchev–Trinajstić information content (AvgIpc) is 3.43. The van der Waals surface area contributed by atoms with Gasteiger partial charge in [-0.25, -0.2) is 8.78 Å². The number of amides is 1. The highest BCUT2D eigenvalue weighted by Crippen LogP contribution is 2.36. The molecule has 38 heavy (non-hydrogen) atoms. The van der Waals surface area contributed by atoms with E-state index in [-0.39, 0.29) is 6.10 Å². The number of nitrogens with one attached hydrogen (secondary N) is 2. The Hall–Kier alpha value is -3.78. The number of fused-ring (bicyclic) bond motifs is 3. The van der Waals surface area contributed by atoms with Gasteiger partial charge in [0.25, 0.3) is 12.3 Å². The quantitative estimate of drug-likeness (QED) is 0.318. The Labute approximate surface area is 220 Å². The van der Waals surface area contributed by atoms with Gasteiger partial charge in [-0.1, -0.05) is 30.3 Å². The number of alkyl halides is 2. The zero-order chi connectivity index (χ0) is 26.2. The Balaban J connectivity index is 1.19. The Morgan fingerprint density at radius 3 is 2.42 bits per heavy atom. The molecule has 1 amide bonds. The molecule has 0 radical (unpaired) electrons. The van der Waals surface area contributed by atoms with Gasteiger partial charge in [0.05, 0.1) is 11.2 Å². The van der Waals surface area contributed by atoms with Crippen molar-refractivity contribution in [2.24, 2.45) is 0 Å². The molecule has 4 aromatic rings. The first-order chi connectivity index (χ1) is 18.5. The third-order valence-corrected chi connectivity index (χ3v) is 8.01. The molecular formula is C30H30F2N4O2. The van der Waals surface area contributed by atoms with Crippen LogP contribution in [-0.2, 0) is 0 Å². The standard InChI is InChI=1S/C30H30F2N4O2/c1-36-21-10-11-22(36)17-24(16-21)38-23-12-7-19(8-13-23)27-25-15-20(9-14-26(25)34-35-27)30(37)33-28(29(31)32)18-5-3-2-4-6-18/h2-9,12-15,21-22,24,28-29H,10-11,16-17H2,1H3,(H,33,37)(H,34,35)/t21-,22+,24-,28?. The number of ether oxygens (including phenoxy) is 1. The number of halogens is 2. The molecule has 2 bridgehead atoms. The summed E-state index contributed by atoms with van der Waals surface area (Å²) in [6, 6.07) is 21.0. The zero-order valence-corrected chi connectivity index (χ0v) is 21.1. The Kier molecular flexibility index (Phi) is 6.57. The van der Waals surface area contributed by atoms with E-state index < -0.39 is 18.4 Å². The van der Waals surface area contributed by atoms with Crippen molar-refractivity contribution in [3.63, 3.8) is 0 Å². The lowest BCUT2D eigenvalue weighted by Crippen LogP contribution is -2.43. The molecule has 0 aliphatic carbocycles. The van der Waals surface area contributed by atoms with Crippen molar-refractivity contribution in [3.8, 4) is 17.0 Å². The topological polar surface area (TPSA) is 70.2 Å². The monoisotopic (exact) mass is 516 g/mol. The summed E-state index contributed by atoms with van der Waals surface area (Å²) < 4.78 is 33.8. The van der Waals surface area contributed by atoms with Crippen molar-refractivity contribution in [1.29, 1.82) is 0 Å². The van der Waals surface area contributed by atoms with Gasteiger partial charge in [0.1, 0.15) is 17.9 Å². The average molecular weight is 517 g/mol. The van der Waals surface area contributed by atoms with Crippen molar-refractivity contribution in [2.45, 2.75) is 56.3 Å². The number of H-pyrrole nitrogens is 1. The number of carbonyl (C=O) groups is 1. The van der Waals surface area contributed by atoms with E-state index in [1.807, 2.05) is 24.3 Å². The lowest BCUT2D eigenvalue weighted by molar-refractivity contribution is 0.0662. The van der Waals surface area contributed by atoms with Gasteiger partial charge in [-0.2, -0.15) is 5.10 Å². The summed E-state index contributed by atoms with van der Waals surface area (Å²) in [7, 11) is 2.22. The van der Waals surface area contributed by atoms with Crippen molar-refractivity contribution in [1.82, 2.24) is 20.4 Å². The number of rotatable bonds is 7. The van der Waals surface area contributed by atoms with E-state index in [2.05, 4.69) is 27.5 Å². The Morgan fingerprint density at radius 2 is 1.74 bits per heavy atom. The van der Waals surface area contributed by atoms with E-state index in [1.54, 1.807) is 48.5 Å². The molecule has 2 fully saturated rings. The summed E-state index contributed by atoms with van der Waals surface area (Å²) >= 11 is 0. The van der Waals surface area contributed by atoms with Crippen LogP contribution < -0.4 is 10.1 Å². The fourth-order valence-electron chi connectivity index (χ4n) is 5.89. The second-order valence-corrected chi connectivity index (χ2v) is 10.3. The van der Waals surface area contributed by atoms with Crippen LogP contribution in [-0.4, -0.2) is 52.7 Å². The third-order valence-electron chi connectivity index (χ3n) is 8.01. The van der Waals surface area contributed by atoms with Gasteiger partial charge in [-0.3, -0.25) is 9.89 Å². The van der Waals surface area contributed by atoms with Gasteiger partial charge in [0, 0.05) is 28.6 Å². The zero-order valence-electron chi connectivity index (χ0n) is 21.1. The largest absolute Gasteiger partial charge is 0.490 e. The maximum atomic E-state index is 13.7. The molecule has 1 aromatic heterocycles. The summed E-state index contributed by atoms with van der Waals surface area (Å²) in [4.78, 5) is 15.5. The molecule has 6 rings (SSSR count). The van der Waals surface area contributed by atoms with Crippen LogP contribution >= 0.6 is 0 Å². The summed E-state index contributed by atoms with van der Waals surface area (Å²) in [5, 5.41) is 10.7. The summed E-state index contributed by atoms with van der Waals surface area (Å²) in [6.07, 6.45) is 2.11. The smallest absolute Gasteiger partial charge is 0.262 e. The summed E-state index contributed by atoms with van der Waals surface area (Å²) in [5.74, 6) is 0.269. The van der Waals surface area contributed by atoms with Crippen LogP contribution in [0.3, 0.4) is 0 Å². The molecule has 4 atom stereocenters. The first kappa shape index (κ1) is 24.6. The molecule has 6 nitrogen and oxygen atoms in total. The van der Waals surface area contributed by atoms with E-state index >= 15 is 0 Å². The molecule has 0 saturated carbocycles. The van der Waals surface area contributed by atoms with Gasteiger partial charge in [-0.05, 0) is 80.8 Å². The number of hydrogen-bond donors (Lipinski definition) is 2. The fourth-order valence-corrected chi connectivity index (χ4v) is 5.89. The maximum Gasteiger partial charge on any atom is 0.262 e. The summed E-state index contributed by atoms with van der Waals surface area (Å²) in [5.41, 5.74) is 2.97. The second-order valence-electron chi connectivity index (χ2n) is 10.3. The van der Waals surface area contributed by atoms with Crippen LogP contribution in [0.25, 0.3) is 22.2 Å². The Bertz CT molecular complexity index is 1410. The minimum absolute atomic E-state index is 0.231. The maximum absolute atomic E-state index is 13.7. The molecule has 3 aromatic carbocycles. The molecule has 8 heteroatoms. The molecule has 0 spiro atoms. The van der Waals surface area contributed by atoms with E-state index in [0.29, 0.717) is 28.9 Å². The molecule has 2 N–H and O–H groups in total. The van der Waals surface area contributed by atoms with Crippen molar-refractivity contribution in [3.05, 3.63) is 83.9 Å². The SMILES string of the molecule is CN1[C@@H]2CC[C@H]1C[C@H](Oc1ccc(-c3n[nH]c4ccc(C(=O)NC(c5ccccc5)C(F)F)cc34)cc1)C2. The van der Waals surface area contributed by atoms with Crippen LogP contribution in [0, 0.1) is 0 Å². The van der Waals surface area contributed by atoms with Crippen LogP contribution in [0.5, 0.6) is 5.75 Å². The van der Waals surface area contributed by atoms with Crippen LogP contribution in [0.15, 0.2) is 72.8 Å². The van der Waals surface area contributed by atoms with E-state index in [9.17, 15) is 13.6 Å². The van der Waals surface area contributed by atoms with Crippen molar-refractivity contribution in [2.75, 3.05) is 7.05 Å². The van der Waals surface area contributed by atoms with E-state index in [1.165, 1.54) is 12.8 Å². The number of aromatic nitrogens is 2. The number of piperidine rings is 1. The van der Waals surface area contributed by atoms with Gasteiger partial charge >= 0.3 is 0 Å². The van der Waals surface area contributed by atoms with E-state index in [4.69, 9.17) is 4.74 Å². The highest BCUT2D eigenvalue weighted by Gasteiger charge is 2.39. The van der Waals surface area contributed by atoms with Gasteiger partial charge in [0.2, 0.25) is 0 Å². The number of aromatic amines is 1. The summed E-state index contributed by atoms with van der Waals surface area (Å²) in [6.45, 7) is 0. The number of benzene rings is 3. The predicted octanol–water partition coefficient (Wildman–Crippen LogP) is 5.97. The number of carbonyl (C=O) groups excluding carboxylic acids is 1. The van der Waals surface area contributed by atoms with Crippen LogP contribution in [0.2, 0.25) is 0 Å². The first-order valence-electron chi connectivity index (χ1n) is 13.1. The predicted molar refractivity (Wildman–Crippen MR) is 142 cm³/mol. The third kappa shape index (κ3) is 4.76. The Morgan fingerprint density at radius 1 is 1.03 bits per heavy atom. The van der Waals surface area contributed by atoms with Gasteiger partial charge < -0.3 is 15.0 Å². The van der Waals surface area contributed by atoms with Gasteiger partial charge in [-0.15, -0.1) is 0 Å². The van der Waals surface area contributed by atoms with Crippen LogP contribution in [0.4, 0.5) is 8.78 Å². The molecule has 2 saturated heterocycles. The van der Waals surface area contributed by atoms with Crippen LogP contribution in [0.1, 0.15) is 47.6 Å². The molecule has 1 unspecified atom stereocenters.